The number of carboxylic acids is 1. The molecule has 2 rings (SSSR count). The fourth-order valence-electron chi connectivity index (χ4n) is 2.87. The smallest absolute Gasteiger partial charge is 0.307 e. The second-order valence-corrected chi connectivity index (χ2v) is 7.86. The lowest BCUT2D eigenvalue weighted by atomic mass is 9.92. The number of piperidine rings is 1. The number of benzene rings is 1. The number of carbonyl (C=O) groups is 2. The van der Waals surface area contributed by atoms with E-state index in [0.29, 0.717) is 6.42 Å². The fraction of sp³-hybridized carbons (Fsp3) is 0.467. The molecule has 2 atom stereocenters. The van der Waals surface area contributed by atoms with E-state index in [1.807, 2.05) is 0 Å². The summed E-state index contributed by atoms with van der Waals surface area (Å²) in [6, 6.07) is 3.83. The van der Waals surface area contributed by atoms with E-state index < -0.39 is 27.8 Å². The Morgan fingerprint density at radius 2 is 2.00 bits per heavy atom. The Bertz CT molecular complexity index is 761. The number of nitrogens with zero attached hydrogens (tertiary/aromatic N) is 1. The molecule has 0 bridgehead atoms. The molecule has 1 aromatic carbocycles. The Labute approximate surface area is 140 Å². The van der Waals surface area contributed by atoms with E-state index >= 15 is 0 Å². The summed E-state index contributed by atoms with van der Waals surface area (Å²) in [5.41, 5.74) is 5.22. The molecule has 1 heterocycles. The first-order chi connectivity index (χ1) is 11.2. The molecule has 0 spiro atoms. The van der Waals surface area contributed by atoms with Crippen LogP contribution in [0.1, 0.15) is 23.7 Å². The fourth-order valence-corrected chi connectivity index (χ4v) is 4.50. The molecule has 132 valence electrons. The molecule has 8 nitrogen and oxygen atoms in total. The predicted molar refractivity (Wildman–Crippen MR) is 85.2 cm³/mol. The summed E-state index contributed by atoms with van der Waals surface area (Å²) in [5.74, 6) is -2.48. The van der Waals surface area contributed by atoms with Crippen molar-refractivity contribution in [1.82, 2.24) is 4.31 Å². The molecule has 1 aliphatic rings. The van der Waals surface area contributed by atoms with Crippen molar-refractivity contribution >= 4 is 21.9 Å². The molecule has 0 aromatic heterocycles. The van der Waals surface area contributed by atoms with Crippen molar-refractivity contribution in [3.8, 4) is 5.75 Å². The number of sulfonamides is 1. The number of primary amides is 1. The summed E-state index contributed by atoms with van der Waals surface area (Å²) < 4.78 is 31.8. The van der Waals surface area contributed by atoms with Crippen LogP contribution in [0, 0.1) is 11.8 Å². The first kappa shape index (κ1) is 18.2. The van der Waals surface area contributed by atoms with Crippen LogP contribution in [-0.2, 0) is 14.8 Å². The van der Waals surface area contributed by atoms with E-state index in [0.717, 1.165) is 10.4 Å². The van der Waals surface area contributed by atoms with Gasteiger partial charge in [-0.2, -0.15) is 4.31 Å². The third-order valence-electron chi connectivity index (χ3n) is 4.05. The van der Waals surface area contributed by atoms with Gasteiger partial charge in [-0.1, -0.05) is 6.92 Å². The number of carbonyl (C=O) groups excluding carboxylic acids is 1. The topological polar surface area (TPSA) is 127 Å². The Balaban J connectivity index is 2.41. The number of methoxy groups -OCH3 is 1. The van der Waals surface area contributed by atoms with E-state index in [1.165, 1.54) is 19.2 Å². The zero-order valence-electron chi connectivity index (χ0n) is 13.4. The highest BCUT2D eigenvalue weighted by Crippen LogP contribution is 2.29. The number of ether oxygens (including phenoxy) is 1. The summed E-state index contributed by atoms with van der Waals surface area (Å²) in [7, 11) is -2.59. The molecule has 3 N–H and O–H groups in total. The number of aliphatic carboxylic acids is 1. The van der Waals surface area contributed by atoms with Gasteiger partial charge in [-0.3, -0.25) is 9.59 Å². The maximum Gasteiger partial charge on any atom is 0.307 e. The molecular formula is C15H20N2O6S. The number of rotatable bonds is 5. The lowest BCUT2D eigenvalue weighted by molar-refractivity contribution is -0.143. The zero-order chi connectivity index (χ0) is 18.1. The molecule has 1 amide bonds. The van der Waals surface area contributed by atoms with Gasteiger partial charge >= 0.3 is 5.97 Å². The summed E-state index contributed by atoms with van der Waals surface area (Å²) in [5, 5.41) is 9.20. The SMILES string of the molecule is COc1ccc(S(=O)(=O)N2CC(C)CC(C(=O)O)C2)cc1C(N)=O. The van der Waals surface area contributed by atoms with Crippen molar-refractivity contribution in [2.45, 2.75) is 18.2 Å². The average molecular weight is 356 g/mol. The van der Waals surface area contributed by atoms with Crippen LogP contribution < -0.4 is 10.5 Å². The highest BCUT2D eigenvalue weighted by atomic mass is 32.2. The lowest BCUT2D eigenvalue weighted by Crippen LogP contribution is -2.45. The highest BCUT2D eigenvalue weighted by Gasteiger charge is 2.36. The molecule has 1 aromatic rings. The zero-order valence-corrected chi connectivity index (χ0v) is 14.2. The van der Waals surface area contributed by atoms with Crippen molar-refractivity contribution < 1.29 is 27.9 Å². The van der Waals surface area contributed by atoms with E-state index in [2.05, 4.69) is 0 Å². The van der Waals surface area contributed by atoms with Gasteiger partial charge in [0.05, 0.1) is 23.5 Å². The molecule has 1 aliphatic heterocycles. The third kappa shape index (κ3) is 3.51. The van der Waals surface area contributed by atoms with Crippen LogP contribution in [0.5, 0.6) is 5.75 Å². The quantitative estimate of drug-likeness (QED) is 0.792. The monoisotopic (exact) mass is 356 g/mol. The third-order valence-corrected chi connectivity index (χ3v) is 5.88. The minimum Gasteiger partial charge on any atom is -0.496 e. The summed E-state index contributed by atoms with van der Waals surface area (Å²) >= 11 is 0. The normalized spacial score (nSPS) is 22.1. The lowest BCUT2D eigenvalue weighted by Gasteiger charge is -2.33. The summed E-state index contributed by atoms with van der Waals surface area (Å²) in [6.45, 7) is 1.93. The summed E-state index contributed by atoms with van der Waals surface area (Å²) in [4.78, 5) is 22.6. The molecule has 2 unspecified atom stereocenters. The van der Waals surface area contributed by atoms with Crippen LogP contribution in [0.4, 0.5) is 0 Å². The van der Waals surface area contributed by atoms with Crippen LogP contribution >= 0.6 is 0 Å². The minimum atomic E-state index is -3.94. The van der Waals surface area contributed by atoms with Crippen molar-refractivity contribution in [2.75, 3.05) is 20.2 Å². The Hall–Kier alpha value is -2.13. The van der Waals surface area contributed by atoms with Crippen molar-refractivity contribution in [3.63, 3.8) is 0 Å². The molecule has 0 saturated carbocycles. The standard InChI is InChI=1S/C15H20N2O6S/c1-9-5-10(15(19)20)8-17(7-9)24(21,22)11-3-4-13(23-2)12(6-11)14(16)18/h3-4,6,9-10H,5,7-8H2,1-2H3,(H2,16,18)(H,19,20). The Morgan fingerprint density at radius 1 is 1.33 bits per heavy atom. The van der Waals surface area contributed by atoms with Gasteiger partial charge in [0, 0.05) is 13.1 Å². The second-order valence-electron chi connectivity index (χ2n) is 5.92. The Morgan fingerprint density at radius 3 is 2.54 bits per heavy atom. The van der Waals surface area contributed by atoms with Crippen LogP contribution in [0.25, 0.3) is 0 Å². The molecule has 0 aliphatic carbocycles. The molecule has 24 heavy (non-hydrogen) atoms. The first-order valence-corrected chi connectivity index (χ1v) is 8.81. The first-order valence-electron chi connectivity index (χ1n) is 7.37. The maximum absolute atomic E-state index is 12.8. The highest BCUT2D eigenvalue weighted by molar-refractivity contribution is 7.89. The second kappa shape index (κ2) is 6.78. The van der Waals surface area contributed by atoms with E-state index in [1.54, 1.807) is 6.92 Å². The average Bonchev–Trinajstić information content (AvgIpc) is 2.53. The van der Waals surface area contributed by atoms with Crippen LogP contribution in [0.3, 0.4) is 0 Å². The maximum atomic E-state index is 12.8. The van der Waals surface area contributed by atoms with E-state index in [-0.39, 0.29) is 35.2 Å². The minimum absolute atomic E-state index is 0.0431. The van der Waals surface area contributed by atoms with Crippen molar-refractivity contribution in [3.05, 3.63) is 23.8 Å². The van der Waals surface area contributed by atoms with Gasteiger partial charge in [0.25, 0.3) is 5.91 Å². The summed E-state index contributed by atoms with van der Waals surface area (Å²) in [6.07, 6.45) is 0.427. The van der Waals surface area contributed by atoms with Crippen LogP contribution in [0.2, 0.25) is 0 Å². The number of hydrogen-bond acceptors (Lipinski definition) is 5. The van der Waals surface area contributed by atoms with Gasteiger partial charge < -0.3 is 15.6 Å². The van der Waals surface area contributed by atoms with Crippen LogP contribution in [-0.4, -0.2) is 49.9 Å². The van der Waals surface area contributed by atoms with Gasteiger partial charge in [-0.15, -0.1) is 0 Å². The largest absolute Gasteiger partial charge is 0.496 e. The molecular weight excluding hydrogens is 336 g/mol. The van der Waals surface area contributed by atoms with Crippen LogP contribution in [0.15, 0.2) is 23.1 Å². The number of amides is 1. The Kier molecular flexibility index (Phi) is 5.14. The number of nitrogens with two attached hydrogens (primary N) is 1. The number of hydrogen-bond donors (Lipinski definition) is 2. The van der Waals surface area contributed by atoms with E-state index in [9.17, 15) is 23.1 Å². The molecule has 9 heteroatoms. The van der Waals surface area contributed by atoms with Crippen molar-refractivity contribution in [1.29, 1.82) is 0 Å². The predicted octanol–water partition coefficient (Wildman–Crippen LogP) is 0.525. The van der Waals surface area contributed by atoms with Gasteiger partial charge in [0.2, 0.25) is 10.0 Å². The molecule has 1 fully saturated rings. The number of carboxylic acid groups (broad SMARTS) is 1. The van der Waals surface area contributed by atoms with E-state index in [4.69, 9.17) is 10.5 Å². The van der Waals surface area contributed by atoms with Gasteiger partial charge in [-0.05, 0) is 30.5 Å². The molecule has 1 saturated heterocycles. The van der Waals surface area contributed by atoms with Gasteiger partial charge in [0.15, 0.2) is 0 Å². The van der Waals surface area contributed by atoms with Gasteiger partial charge in [0.1, 0.15) is 5.75 Å². The van der Waals surface area contributed by atoms with Gasteiger partial charge in [-0.25, -0.2) is 8.42 Å². The van der Waals surface area contributed by atoms with Crippen molar-refractivity contribution in [2.24, 2.45) is 17.6 Å². The molecule has 0 radical (unpaired) electrons.